The van der Waals surface area contributed by atoms with Crippen molar-refractivity contribution >= 4 is 5.91 Å². The van der Waals surface area contributed by atoms with E-state index in [-0.39, 0.29) is 0 Å². The normalized spacial score (nSPS) is 22.3. The van der Waals surface area contributed by atoms with E-state index >= 15 is 0 Å². The van der Waals surface area contributed by atoms with Gasteiger partial charge in [0.05, 0.1) is 0 Å². The van der Waals surface area contributed by atoms with Crippen LogP contribution in [0.2, 0.25) is 0 Å². The summed E-state index contributed by atoms with van der Waals surface area (Å²) < 4.78 is 0. The van der Waals surface area contributed by atoms with Crippen LogP contribution in [-0.4, -0.2) is 46.9 Å². The van der Waals surface area contributed by atoms with Crippen LogP contribution in [-0.2, 0) is 11.3 Å². The van der Waals surface area contributed by atoms with E-state index in [1.54, 1.807) is 0 Å². The van der Waals surface area contributed by atoms with Crippen molar-refractivity contribution in [2.24, 2.45) is 17.8 Å². The molecule has 3 rings (SSSR count). The summed E-state index contributed by atoms with van der Waals surface area (Å²) >= 11 is 0. The van der Waals surface area contributed by atoms with Gasteiger partial charge in [-0.2, -0.15) is 0 Å². The second-order valence-corrected chi connectivity index (χ2v) is 8.65. The van der Waals surface area contributed by atoms with Gasteiger partial charge in [0, 0.05) is 38.4 Å². The first kappa shape index (κ1) is 19.3. The molecule has 3 heterocycles. The smallest absolute Gasteiger partial charge is 0.222 e. The average Bonchev–Trinajstić information content (AvgIpc) is 3.13. The van der Waals surface area contributed by atoms with Crippen molar-refractivity contribution in [1.82, 2.24) is 14.8 Å². The van der Waals surface area contributed by atoms with Crippen LogP contribution < -0.4 is 0 Å². The van der Waals surface area contributed by atoms with Crippen LogP contribution in [0, 0.1) is 17.8 Å². The van der Waals surface area contributed by atoms with E-state index in [0.717, 1.165) is 44.3 Å². The van der Waals surface area contributed by atoms with Gasteiger partial charge in [-0.15, -0.1) is 0 Å². The summed E-state index contributed by atoms with van der Waals surface area (Å²) in [5.74, 6) is 2.62. The zero-order chi connectivity index (χ0) is 18.4. The molecule has 2 fully saturated rings. The molecule has 0 unspecified atom stereocenters. The van der Waals surface area contributed by atoms with E-state index in [1.165, 1.54) is 44.3 Å². The van der Waals surface area contributed by atoms with Crippen molar-refractivity contribution < 1.29 is 4.79 Å². The van der Waals surface area contributed by atoms with Crippen molar-refractivity contribution in [2.75, 3.05) is 26.2 Å². The number of aromatic nitrogens is 1. The number of hydrogen-bond donors (Lipinski definition) is 0. The Morgan fingerprint density at radius 3 is 2.65 bits per heavy atom. The van der Waals surface area contributed by atoms with Crippen molar-refractivity contribution in [3.63, 3.8) is 0 Å². The Morgan fingerprint density at radius 1 is 1.19 bits per heavy atom. The SMILES string of the molecule is CC(C)CCCC(=O)N1CC[C@H](C2CCN(Cc3cccnc3)CC2)C1. The van der Waals surface area contributed by atoms with Gasteiger partial charge in [-0.25, -0.2) is 0 Å². The minimum atomic E-state index is 0.391. The molecule has 1 amide bonds. The Bertz CT molecular complexity index is 552. The molecule has 2 saturated heterocycles. The van der Waals surface area contributed by atoms with Gasteiger partial charge in [0.25, 0.3) is 0 Å². The molecular weight excluding hydrogens is 322 g/mol. The molecule has 0 spiro atoms. The molecule has 2 aliphatic heterocycles. The van der Waals surface area contributed by atoms with Crippen molar-refractivity contribution in [3.8, 4) is 0 Å². The number of carbonyl (C=O) groups is 1. The molecule has 0 N–H and O–H groups in total. The number of piperidine rings is 1. The van der Waals surface area contributed by atoms with Gasteiger partial charge in [0.1, 0.15) is 0 Å². The first-order valence-corrected chi connectivity index (χ1v) is 10.5. The van der Waals surface area contributed by atoms with E-state index in [0.29, 0.717) is 11.8 Å². The predicted octanol–water partition coefficient (Wildman–Crippen LogP) is 3.97. The van der Waals surface area contributed by atoms with Crippen LogP contribution in [0.5, 0.6) is 0 Å². The largest absolute Gasteiger partial charge is 0.342 e. The first-order valence-electron chi connectivity index (χ1n) is 10.5. The Kier molecular flexibility index (Phi) is 7.07. The molecule has 144 valence electrons. The summed E-state index contributed by atoms with van der Waals surface area (Å²) in [4.78, 5) is 21.3. The third-order valence-electron chi connectivity index (χ3n) is 6.18. The van der Waals surface area contributed by atoms with Gasteiger partial charge in [-0.1, -0.05) is 26.3 Å². The zero-order valence-electron chi connectivity index (χ0n) is 16.6. The fourth-order valence-corrected chi connectivity index (χ4v) is 4.55. The number of hydrogen-bond acceptors (Lipinski definition) is 3. The van der Waals surface area contributed by atoms with Crippen LogP contribution >= 0.6 is 0 Å². The highest BCUT2D eigenvalue weighted by Crippen LogP contribution is 2.32. The second kappa shape index (κ2) is 9.50. The molecule has 0 aromatic carbocycles. The summed E-state index contributed by atoms with van der Waals surface area (Å²) in [7, 11) is 0. The Morgan fingerprint density at radius 2 is 1.96 bits per heavy atom. The molecule has 4 heteroatoms. The maximum Gasteiger partial charge on any atom is 0.222 e. The number of pyridine rings is 1. The average molecular weight is 358 g/mol. The van der Waals surface area contributed by atoms with Crippen LogP contribution in [0.15, 0.2) is 24.5 Å². The number of nitrogens with zero attached hydrogens (tertiary/aromatic N) is 3. The molecule has 26 heavy (non-hydrogen) atoms. The third kappa shape index (κ3) is 5.54. The quantitative estimate of drug-likeness (QED) is 0.741. The summed E-state index contributed by atoms with van der Waals surface area (Å²) in [5.41, 5.74) is 1.31. The minimum absolute atomic E-state index is 0.391. The predicted molar refractivity (Wildman–Crippen MR) is 106 cm³/mol. The summed E-state index contributed by atoms with van der Waals surface area (Å²) in [6.45, 7) is 9.84. The maximum atomic E-state index is 12.4. The van der Waals surface area contributed by atoms with Crippen LogP contribution in [0.1, 0.15) is 57.9 Å². The number of carbonyl (C=O) groups excluding carboxylic acids is 1. The van der Waals surface area contributed by atoms with Gasteiger partial charge >= 0.3 is 0 Å². The van der Waals surface area contributed by atoms with Gasteiger partial charge in [0.2, 0.25) is 5.91 Å². The summed E-state index contributed by atoms with van der Waals surface area (Å²) in [5, 5.41) is 0. The monoisotopic (exact) mass is 357 g/mol. The lowest BCUT2D eigenvalue weighted by Crippen LogP contribution is -2.37. The van der Waals surface area contributed by atoms with Crippen LogP contribution in [0.4, 0.5) is 0 Å². The number of likely N-dealkylation sites (tertiary alicyclic amines) is 2. The van der Waals surface area contributed by atoms with Crippen molar-refractivity contribution in [2.45, 2.75) is 58.9 Å². The Hall–Kier alpha value is -1.42. The van der Waals surface area contributed by atoms with E-state index in [9.17, 15) is 4.79 Å². The molecule has 1 atom stereocenters. The molecule has 0 aliphatic carbocycles. The second-order valence-electron chi connectivity index (χ2n) is 8.65. The first-order chi connectivity index (χ1) is 12.6. The topological polar surface area (TPSA) is 36.4 Å². The van der Waals surface area contributed by atoms with E-state index in [2.05, 4.69) is 34.7 Å². The molecule has 1 aromatic heterocycles. The standard InChI is InChI=1S/C22H35N3O/c1-18(2)5-3-7-22(26)25-14-10-21(17-25)20-8-12-24(13-9-20)16-19-6-4-11-23-15-19/h4,6,11,15,18,20-21H,3,5,7-10,12-14,16-17H2,1-2H3/t21-/m0/s1. The lowest BCUT2D eigenvalue weighted by atomic mass is 9.83. The van der Waals surface area contributed by atoms with Gasteiger partial charge in [-0.05, 0) is 68.2 Å². The highest BCUT2D eigenvalue weighted by atomic mass is 16.2. The molecule has 2 aliphatic rings. The fourth-order valence-electron chi connectivity index (χ4n) is 4.55. The Labute approximate surface area is 159 Å². The molecule has 0 radical (unpaired) electrons. The number of rotatable bonds is 7. The molecule has 0 bridgehead atoms. The fraction of sp³-hybridized carbons (Fsp3) is 0.727. The van der Waals surface area contributed by atoms with Crippen molar-refractivity contribution in [3.05, 3.63) is 30.1 Å². The van der Waals surface area contributed by atoms with Gasteiger partial charge < -0.3 is 4.90 Å². The van der Waals surface area contributed by atoms with E-state index < -0.39 is 0 Å². The van der Waals surface area contributed by atoms with E-state index in [4.69, 9.17) is 0 Å². The number of amides is 1. The highest BCUT2D eigenvalue weighted by Gasteiger charge is 2.33. The van der Waals surface area contributed by atoms with Crippen molar-refractivity contribution in [1.29, 1.82) is 0 Å². The lowest BCUT2D eigenvalue weighted by Gasteiger charge is -2.34. The summed E-state index contributed by atoms with van der Waals surface area (Å²) in [6, 6.07) is 4.19. The zero-order valence-corrected chi connectivity index (χ0v) is 16.6. The lowest BCUT2D eigenvalue weighted by molar-refractivity contribution is -0.130. The molecular formula is C22H35N3O. The highest BCUT2D eigenvalue weighted by molar-refractivity contribution is 5.76. The maximum absolute atomic E-state index is 12.4. The van der Waals surface area contributed by atoms with Gasteiger partial charge in [0.15, 0.2) is 0 Å². The Balaban J connectivity index is 1.38. The summed E-state index contributed by atoms with van der Waals surface area (Å²) in [6.07, 6.45) is 10.5. The molecule has 4 nitrogen and oxygen atoms in total. The van der Waals surface area contributed by atoms with Gasteiger partial charge in [-0.3, -0.25) is 14.7 Å². The minimum Gasteiger partial charge on any atom is -0.342 e. The third-order valence-corrected chi connectivity index (χ3v) is 6.18. The van der Waals surface area contributed by atoms with Crippen LogP contribution in [0.25, 0.3) is 0 Å². The molecule has 0 saturated carbocycles. The molecule has 1 aromatic rings. The van der Waals surface area contributed by atoms with E-state index in [1.807, 2.05) is 18.5 Å². The van der Waals surface area contributed by atoms with Crippen LogP contribution in [0.3, 0.4) is 0 Å².